The van der Waals surface area contributed by atoms with Crippen molar-refractivity contribution < 1.29 is 36.7 Å². The number of aromatic nitrogens is 2. The normalized spacial score (nSPS) is 13.7. The molecule has 3 aromatic rings. The minimum absolute atomic E-state index is 0.0264. The lowest BCUT2D eigenvalue weighted by Crippen LogP contribution is -2.36. The molecule has 34 heavy (non-hydrogen) atoms. The third-order valence-corrected chi connectivity index (χ3v) is 7.25. The first-order valence-corrected chi connectivity index (χ1v) is 12.0. The summed E-state index contributed by atoms with van der Waals surface area (Å²) < 4.78 is 63.8. The lowest BCUT2D eigenvalue weighted by Gasteiger charge is -2.30. The summed E-state index contributed by atoms with van der Waals surface area (Å²) in [5.41, 5.74) is 0.810. The van der Waals surface area contributed by atoms with Crippen LogP contribution in [0.2, 0.25) is 0 Å². The van der Waals surface area contributed by atoms with Gasteiger partial charge in [-0.25, -0.2) is 18.6 Å². The van der Waals surface area contributed by atoms with E-state index in [1.54, 1.807) is 26.0 Å². The molecule has 0 atom stereocenters. The third kappa shape index (κ3) is 4.34. The first-order valence-electron chi connectivity index (χ1n) is 10.5. The molecule has 0 unspecified atom stereocenters. The van der Waals surface area contributed by atoms with Gasteiger partial charge in [0.1, 0.15) is 18.2 Å². The Labute approximate surface area is 194 Å². The fourth-order valence-corrected chi connectivity index (χ4v) is 5.26. The van der Waals surface area contributed by atoms with Gasteiger partial charge in [0.25, 0.3) is 0 Å². The number of halogens is 2. The Bertz CT molecular complexity index is 1270. The summed E-state index contributed by atoms with van der Waals surface area (Å²) in [4.78, 5) is 22.3. The van der Waals surface area contributed by atoms with Crippen LogP contribution < -0.4 is 14.9 Å². The number of fused-ring (bicyclic) bond motifs is 3. The van der Waals surface area contributed by atoms with Gasteiger partial charge >= 0.3 is 13.7 Å². The molecular weight excluding hydrogens is 471 g/mol. The third-order valence-electron chi connectivity index (χ3n) is 5.16. The highest BCUT2D eigenvalue weighted by atomic mass is 31.2. The van der Waals surface area contributed by atoms with E-state index in [1.165, 1.54) is 13.3 Å². The van der Waals surface area contributed by atoms with Crippen molar-refractivity contribution in [3.8, 4) is 5.88 Å². The summed E-state index contributed by atoms with van der Waals surface area (Å²) >= 11 is 0. The monoisotopic (exact) mass is 493 g/mol. The van der Waals surface area contributed by atoms with Gasteiger partial charge in [-0.3, -0.25) is 9.46 Å². The number of amides is 1. The molecule has 0 fully saturated rings. The summed E-state index contributed by atoms with van der Waals surface area (Å²) in [6.07, 6.45) is 0.702. The SMILES string of the molecule is CCOP(=O)(OCC)c1cc(F)c(CN2C(=O)OCc3cnc4nc(OC)ccc4c32)c(F)c1. The Morgan fingerprint density at radius 2 is 1.82 bits per heavy atom. The predicted molar refractivity (Wildman–Crippen MR) is 119 cm³/mol. The number of rotatable bonds is 8. The average Bonchev–Trinajstić information content (AvgIpc) is 2.82. The van der Waals surface area contributed by atoms with Gasteiger partial charge in [-0.1, -0.05) is 0 Å². The number of carbonyl (C=O) groups excluding carboxylic acids is 1. The summed E-state index contributed by atoms with van der Waals surface area (Å²) in [5.74, 6) is -1.69. The van der Waals surface area contributed by atoms with Crippen LogP contribution >= 0.6 is 7.60 Å². The number of methoxy groups -OCH3 is 1. The van der Waals surface area contributed by atoms with Crippen LogP contribution in [0.5, 0.6) is 5.88 Å². The molecule has 3 heterocycles. The highest BCUT2D eigenvalue weighted by Crippen LogP contribution is 2.47. The maximum Gasteiger partial charge on any atom is 0.414 e. The van der Waals surface area contributed by atoms with Crippen molar-refractivity contribution in [2.24, 2.45) is 0 Å². The number of cyclic esters (lactones) is 1. The maximum atomic E-state index is 15.1. The van der Waals surface area contributed by atoms with Crippen molar-refractivity contribution in [2.75, 3.05) is 25.2 Å². The second kappa shape index (κ2) is 9.61. The molecule has 12 heteroatoms. The van der Waals surface area contributed by atoms with Crippen molar-refractivity contribution in [2.45, 2.75) is 27.0 Å². The highest BCUT2D eigenvalue weighted by Gasteiger charge is 2.33. The zero-order valence-electron chi connectivity index (χ0n) is 18.7. The van der Waals surface area contributed by atoms with Crippen LogP contribution in [0.25, 0.3) is 11.0 Å². The molecule has 0 spiro atoms. The predicted octanol–water partition coefficient (Wildman–Crippen LogP) is 4.46. The van der Waals surface area contributed by atoms with Crippen LogP contribution in [0.3, 0.4) is 0 Å². The fraction of sp³-hybridized carbons (Fsp3) is 0.318. The number of carbonyl (C=O) groups is 1. The Morgan fingerprint density at radius 1 is 1.15 bits per heavy atom. The number of benzene rings is 1. The van der Waals surface area contributed by atoms with E-state index in [0.717, 1.165) is 17.0 Å². The van der Waals surface area contributed by atoms with Crippen molar-refractivity contribution >= 4 is 35.7 Å². The largest absolute Gasteiger partial charge is 0.481 e. The second-order valence-electron chi connectivity index (χ2n) is 7.22. The quantitative estimate of drug-likeness (QED) is 0.424. The van der Waals surface area contributed by atoms with E-state index < -0.39 is 37.4 Å². The van der Waals surface area contributed by atoms with E-state index >= 15 is 8.78 Å². The van der Waals surface area contributed by atoms with Crippen molar-refractivity contribution in [3.05, 3.63) is 53.2 Å². The van der Waals surface area contributed by atoms with Crippen LogP contribution in [0.1, 0.15) is 25.0 Å². The Hall–Kier alpha value is -3.14. The minimum atomic E-state index is -3.91. The van der Waals surface area contributed by atoms with E-state index in [4.69, 9.17) is 18.5 Å². The summed E-state index contributed by atoms with van der Waals surface area (Å²) in [7, 11) is -2.45. The van der Waals surface area contributed by atoms with Crippen LogP contribution in [-0.2, 0) is 31.5 Å². The van der Waals surface area contributed by atoms with E-state index in [9.17, 15) is 9.36 Å². The molecule has 9 nitrogen and oxygen atoms in total. The lowest BCUT2D eigenvalue weighted by molar-refractivity contribution is 0.141. The molecule has 0 saturated carbocycles. The number of nitrogens with zero attached hydrogens (tertiary/aromatic N) is 3. The first-order chi connectivity index (χ1) is 16.3. The van der Waals surface area contributed by atoms with Gasteiger partial charge in [0.05, 0.1) is 37.9 Å². The van der Waals surface area contributed by atoms with Gasteiger partial charge in [-0.15, -0.1) is 0 Å². The van der Waals surface area contributed by atoms with E-state index in [2.05, 4.69) is 9.97 Å². The van der Waals surface area contributed by atoms with Gasteiger partial charge in [-0.2, -0.15) is 4.98 Å². The molecule has 0 aliphatic carbocycles. The summed E-state index contributed by atoms with van der Waals surface area (Å²) in [6, 6.07) is 5.06. The molecule has 1 aromatic carbocycles. The van der Waals surface area contributed by atoms with Crippen LogP contribution in [0.15, 0.2) is 30.5 Å². The van der Waals surface area contributed by atoms with Crippen LogP contribution in [0, 0.1) is 11.6 Å². The topological polar surface area (TPSA) is 100 Å². The molecule has 1 amide bonds. The molecule has 0 radical (unpaired) electrons. The molecule has 180 valence electrons. The summed E-state index contributed by atoms with van der Waals surface area (Å²) in [5, 5.41) is 0.243. The highest BCUT2D eigenvalue weighted by molar-refractivity contribution is 7.62. The molecule has 2 aromatic heterocycles. The number of anilines is 1. The van der Waals surface area contributed by atoms with Crippen LogP contribution in [0.4, 0.5) is 19.3 Å². The molecule has 0 saturated heterocycles. The van der Waals surface area contributed by atoms with Gasteiger partial charge in [0.15, 0.2) is 5.65 Å². The van der Waals surface area contributed by atoms with Gasteiger partial charge in [0, 0.05) is 28.8 Å². The molecule has 1 aliphatic heterocycles. The molecule has 1 aliphatic rings. The number of pyridine rings is 2. The van der Waals surface area contributed by atoms with Crippen molar-refractivity contribution in [1.82, 2.24) is 9.97 Å². The first kappa shape index (κ1) is 24.0. The molecular formula is C22H22F2N3O6P. The molecule has 4 rings (SSSR count). The standard InChI is InChI=1S/C22H22F2N3O6P/c1-4-32-34(29,33-5-2)14-8-17(23)16(18(24)9-14)11-27-20-13(12-31-22(27)28)10-25-21-15(20)6-7-19(26-21)30-3/h6-10H,4-5,11-12H2,1-3H3. The number of hydrogen-bond acceptors (Lipinski definition) is 8. The average molecular weight is 493 g/mol. The fourth-order valence-electron chi connectivity index (χ4n) is 3.66. The van der Waals surface area contributed by atoms with E-state index in [-0.39, 0.29) is 25.1 Å². The molecule has 0 bridgehead atoms. The van der Waals surface area contributed by atoms with Crippen LogP contribution in [-0.4, -0.2) is 36.4 Å². The summed E-state index contributed by atoms with van der Waals surface area (Å²) in [6.45, 7) is 2.71. The Kier molecular flexibility index (Phi) is 6.79. The second-order valence-corrected chi connectivity index (χ2v) is 9.25. The Morgan fingerprint density at radius 3 is 2.44 bits per heavy atom. The van der Waals surface area contributed by atoms with Crippen molar-refractivity contribution in [1.29, 1.82) is 0 Å². The van der Waals surface area contributed by atoms with Crippen molar-refractivity contribution in [3.63, 3.8) is 0 Å². The minimum Gasteiger partial charge on any atom is -0.481 e. The number of ether oxygens (including phenoxy) is 2. The Balaban J connectivity index is 1.77. The molecule has 0 N–H and O–H groups in total. The van der Waals surface area contributed by atoms with E-state index in [1.807, 2.05) is 0 Å². The number of hydrogen-bond donors (Lipinski definition) is 0. The van der Waals surface area contributed by atoms with E-state index in [0.29, 0.717) is 28.2 Å². The smallest absolute Gasteiger partial charge is 0.414 e. The van der Waals surface area contributed by atoms with Gasteiger partial charge in [-0.05, 0) is 32.0 Å². The zero-order valence-corrected chi connectivity index (χ0v) is 19.6. The van der Waals surface area contributed by atoms with Gasteiger partial charge in [0.2, 0.25) is 5.88 Å². The van der Waals surface area contributed by atoms with Gasteiger partial charge < -0.3 is 18.5 Å². The lowest BCUT2D eigenvalue weighted by atomic mass is 10.1. The zero-order chi connectivity index (χ0) is 24.5. The maximum absolute atomic E-state index is 15.1.